The zero-order valence-electron chi connectivity index (χ0n) is 9.20. The average molecular weight is 265 g/mol. The second kappa shape index (κ2) is 6.83. The number of ether oxygens (including phenoxy) is 1. The number of hydrogen-bond acceptors (Lipinski definition) is 5. The second-order valence-electron chi connectivity index (χ2n) is 3.59. The van der Waals surface area contributed by atoms with Crippen LogP contribution in [0, 0.1) is 5.92 Å². The van der Waals surface area contributed by atoms with Gasteiger partial charge in [0.25, 0.3) is 0 Å². The molecule has 0 radical (unpaired) electrons. The van der Waals surface area contributed by atoms with E-state index in [2.05, 4.69) is 34.1 Å². The van der Waals surface area contributed by atoms with Crippen LogP contribution in [-0.2, 0) is 4.74 Å². The van der Waals surface area contributed by atoms with Crippen LogP contribution in [0.4, 0.5) is 5.95 Å². The molecule has 0 aliphatic heterocycles. The Kier molecular flexibility index (Phi) is 5.73. The smallest absolute Gasteiger partial charge is 0.228 e. The van der Waals surface area contributed by atoms with Gasteiger partial charge in [0.05, 0.1) is 6.61 Å². The first-order valence-corrected chi connectivity index (χ1v) is 5.72. The Hall–Kier alpha value is -0.650. The van der Waals surface area contributed by atoms with Gasteiger partial charge in [-0.15, -0.1) is 0 Å². The molecule has 0 saturated heterocycles. The van der Waals surface area contributed by atoms with Crippen LogP contribution < -0.4 is 5.32 Å². The molecule has 5 nitrogen and oxygen atoms in total. The molecule has 0 saturated carbocycles. The van der Waals surface area contributed by atoms with Gasteiger partial charge in [0.1, 0.15) is 0 Å². The van der Waals surface area contributed by atoms with E-state index in [4.69, 9.17) is 27.9 Å². The molecule has 0 atom stereocenters. The van der Waals surface area contributed by atoms with Crippen molar-refractivity contribution in [2.24, 2.45) is 5.92 Å². The van der Waals surface area contributed by atoms with Crippen LogP contribution in [0.1, 0.15) is 13.8 Å². The minimum atomic E-state index is 0.0746. The quantitative estimate of drug-likeness (QED) is 0.799. The lowest BCUT2D eigenvalue weighted by molar-refractivity contribution is 0.118. The lowest BCUT2D eigenvalue weighted by Gasteiger charge is -2.07. The van der Waals surface area contributed by atoms with Gasteiger partial charge < -0.3 is 10.1 Å². The monoisotopic (exact) mass is 264 g/mol. The molecule has 0 unspecified atom stereocenters. The van der Waals surface area contributed by atoms with Gasteiger partial charge in [-0.2, -0.15) is 15.0 Å². The highest BCUT2D eigenvalue weighted by Crippen LogP contribution is 2.08. The number of hydrogen-bond donors (Lipinski definition) is 1. The Morgan fingerprint density at radius 1 is 1.19 bits per heavy atom. The van der Waals surface area contributed by atoms with Crippen molar-refractivity contribution in [3.05, 3.63) is 10.6 Å². The predicted octanol–water partition coefficient (Wildman–Crippen LogP) is 2.26. The molecule has 0 aromatic carbocycles. The number of aromatic nitrogens is 3. The van der Waals surface area contributed by atoms with Crippen molar-refractivity contribution >= 4 is 29.2 Å². The van der Waals surface area contributed by atoms with Gasteiger partial charge in [0.15, 0.2) is 0 Å². The molecule has 1 N–H and O–H groups in total. The van der Waals surface area contributed by atoms with Crippen LogP contribution in [0.25, 0.3) is 0 Å². The van der Waals surface area contributed by atoms with Gasteiger partial charge in [-0.1, -0.05) is 13.8 Å². The molecule has 16 heavy (non-hydrogen) atoms. The topological polar surface area (TPSA) is 59.9 Å². The molecule has 7 heteroatoms. The number of anilines is 1. The molecule has 1 aromatic rings. The molecule has 0 aliphatic carbocycles. The maximum Gasteiger partial charge on any atom is 0.228 e. The van der Waals surface area contributed by atoms with Crippen LogP contribution in [0.2, 0.25) is 10.6 Å². The second-order valence-corrected chi connectivity index (χ2v) is 4.27. The van der Waals surface area contributed by atoms with Gasteiger partial charge >= 0.3 is 0 Å². The van der Waals surface area contributed by atoms with Crippen LogP contribution in [0.5, 0.6) is 0 Å². The summed E-state index contributed by atoms with van der Waals surface area (Å²) in [6.45, 7) is 6.11. The fraction of sp³-hybridized carbons (Fsp3) is 0.667. The third-order valence-corrected chi connectivity index (χ3v) is 1.90. The summed E-state index contributed by atoms with van der Waals surface area (Å²) in [4.78, 5) is 11.4. The van der Waals surface area contributed by atoms with Crippen molar-refractivity contribution < 1.29 is 4.74 Å². The Morgan fingerprint density at radius 3 is 2.38 bits per heavy atom. The first-order chi connectivity index (χ1) is 7.58. The molecule has 0 bridgehead atoms. The Labute approximate surface area is 105 Å². The van der Waals surface area contributed by atoms with Crippen molar-refractivity contribution in [3.63, 3.8) is 0 Å². The first kappa shape index (κ1) is 13.4. The van der Waals surface area contributed by atoms with Crippen molar-refractivity contribution in [2.45, 2.75) is 13.8 Å². The van der Waals surface area contributed by atoms with E-state index in [1.807, 2.05) is 0 Å². The molecule has 0 amide bonds. The maximum absolute atomic E-state index is 5.61. The molecule has 0 fully saturated rings. The highest BCUT2D eigenvalue weighted by molar-refractivity contribution is 6.31. The van der Waals surface area contributed by atoms with Crippen LogP contribution in [0.3, 0.4) is 0 Å². The van der Waals surface area contributed by atoms with Crippen LogP contribution >= 0.6 is 23.2 Å². The fourth-order valence-electron chi connectivity index (χ4n) is 0.959. The number of nitrogens with one attached hydrogen (secondary N) is 1. The van der Waals surface area contributed by atoms with Crippen LogP contribution in [0.15, 0.2) is 0 Å². The van der Waals surface area contributed by atoms with Gasteiger partial charge in [-0.25, -0.2) is 0 Å². The van der Waals surface area contributed by atoms with Crippen molar-refractivity contribution in [1.29, 1.82) is 0 Å². The average Bonchev–Trinajstić information content (AvgIpc) is 2.15. The zero-order valence-corrected chi connectivity index (χ0v) is 10.7. The molecule has 1 heterocycles. The zero-order chi connectivity index (χ0) is 12.0. The molecule has 0 aliphatic rings. The summed E-state index contributed by atoms with van der Waals surface area (Å²) < 4.78 is 5.38. The van der Waals surface area contributed by atoms with Crippen molar-refractivity contribution in [3.8, 4) is 0 Å². The maximum atomic E-state index is 5.61. The van der Waals surface area contributed by atoms with Gasteiger partial charge in [0, 0.05) is 13.2 Å². The summed E-state index contributed by atoms with van der Waals surface area (Å²) in [5, 5.41) is 3.09. The highest BCUT2D eigenvalue weighted by atomic mass is 35.5. The van der Waals surface area contributed by atoms with E-state index in [9.17, 15) is 0 Å². The number of rotatable bonds is 6. The van der Waals surface area contributed by atoms with E-state index >= 15 is 0 Å². The number of halogens is 2. The molecule has 1 aromatic heterocycles. The van der Waals surface area contributed by atoms with E-state index < -0.39 is 0 Å². The lowest BCUT2D eigenvalue weighted by atomic mass is 10.2. The normalized spacial score (nSPS) is 10.8. The van der Waals surface area contributed by atoms with E-state index in [1.165, 1.54) is 0 Å². The van der Waals surface area contributed by atoms with E-state index in [0.29, 0.717) is 25.0 Å². The summed E-state index contributed by atoms with van der Waals surface area (Å²) in [5.74, 6) is 0.888. The molecular weight excluding hydrogens is 251 g/mol. The molecule has 0 spiro atoms. The summed E-state index contributed by atoms with van der Waals surface area (Å²) in [6, 6.07) is 0. The predicted molar refractivity (Wildman–Crippen MR) is 64.0 cm³/mol. The van der Waals surface area contributed by atoms with Crippen molar-refractivity contribution in [2.75, 3.05) is 25.1 Å². The standard InChI is InChI=1S/C9H14Cl2N4O/c1-6(2)5-16-4-3-12-9-14-7(10)13-8(11)15-9/h6H,3-5H2,1-2H3,(H,12,13,14,15). The van der Waals surface area contributed by atoms with Gasteiger partial charge in [-0.3, -0.25) is 0 Å². The third-order valence-electron chi connectivity index (χ3n) is 1.56. The largest absolute Gasteiger partial charge is 0.379 e. The lowest BCUT2D eigenvalue weighted by Crippen LogP contribution is -2.14. The van der Waals surface area contributed by atoms with E-state index in [0.717, 1.165) is 6.61 Å². The number of nitrogens with zero attached hydrogens (tertiary/aromatic N) is 3. The minimum Gasteiger partial charge on any atom is -0.379 e. The van der Waals surface area contributed by atoms with Crippen LogP contribution in [-0.4, -0.2) is 34.7 Å². The Balaban J connectivity index is 2.26. The summed E-state index contributed by atoms with van der Waals surface area (Å²) >= 11 is 11.2. The fourth-order valence-corrected chi connectivity index (χ4v) is 1.32. The molecule has 1 rings (SSSR count). The minimum absolute atomic E-state index is 0.0746. The summed E-state index contributed by atoms with van der Waals surface area (Å²) in [7, 11) is 0. The van der Waals surface area contributed by atoms with E-state index in [-0.39, 0.29) is 10.6 Å². The molecule has 90 valence electrons. The van der Waals surface area contributed by atoms with Gasteiger partial charge in [0.2, 0.25) is 16.5 Å². The highest BCUT2D eigenvalue weighted by Gasteiger charge is 2.02. The Bertz CT molecular complexity index is 315. The summed E-state index contributed by atoms with van der Waals surface area (Å²) in [5.41, 5.74) is 0. The molecular formula is C9H14Cl2N4O. The van der Waals surface area contributed by atoms with Gasteiger partial charge in [-0.05, 0) is 29.1 Å². The first-order valence-electron chi connectivity index (χ1n) is 4.96. The van der Waals surface area contributed by atoms with Crippen molar-refractivity contribution in [1.82, 2.24) is 15.0 Å². The summed E-state index contributed by atoms with van der Waals surface area (Å²) in [6.07, 6.45) is 0. The Morgan fingerprint density at radius 2 is 1.81 bits per heavy atom. The third kappa shape index (κ3) is 5.44. The van der Waals surface area contributed by atoms with E-state index in [1.54, 1.807) is 0 Å². The SMILES string of the molecule is CC(C)COCCNc1nc(Cl)nc(Cl)n1.